The van der Waals surface area contributed by atoms with E-state index in [4.69, 9.17) is 10.5 Å². The fraction of sp³-hybridized carbons (Fsp3) is 0.632. The lowest BCUT2D eigenvalue weighted by atomic mass is 9.94. The number of para-hydroxylation sites is 1. The first-order valence-corrected chi connectivity index (χ1v) is 9.06. The molecule has 0 radical (unpaired) electrons. The van der Waals surface area contributed by atoms with Crippen LogP contribution in [0.25, 0.3) is 0 Å². The molecule has 2 fully saturated rings. The highest BCUT2D eigenvalue weighted by Gasteiger charge is 2.35. The lowest BCUT2D eigenvalue weighted by molar-refractivity contribution is -0.138. The first kappa shape index (κ1) is 23.0. The summed E-state index contributed by atoms with van der Waals surface area (Å²) in [5.74, 6) is 1.83. The zero-order chi connectivity index (χ0) is 16.9. The van der Waals surface area contributed by atoms with Gasteiger partial charge in [-0.05, 0) is 31.4 Å². The van der Waals surface area contributed by atoms with Crippen molar-refractivity contribution in [3.63, 3.8) is 0 Å². The maximum absolute atomic E-state index is 12.8. The van der Waals surface area contributed by atoms with Gasteiger partial charge in [-0.15, -0.1) is 24.8 Å². The minimum atomic E-state index is 0. The van der Waals surface area contributed by atoms with Crippen molar-refractivity contribution in [3.8, 4) is 5.75 Å². The SMILES string of the molecule is COc1ccccc1CN1CCN(C(=O)[C@@H]2CCC[C@@H]2CN)CC1.Cl.Cl. The van der Waals surface area contributed by atoms with Gasteiger partial charge in [0.15, 0.2) is 0 Å². The Hall–Kier alpha value is -1.01. The van der Waals surface area contributed by atoms with E-state index in [9.17, 15) is 4.79 Å². The molecule has 1 saturated heterocycles. The van der Waals surface area contributed by atoms with Crippen LogP contribution in [0.1, 0.15) is 24.8 Å². The predicted molar refractivity (Wildman–Crippen MR) is 109 cm³/mol. The van der Waals surface area contributed by atoms with Gasteiger partial charge in [0.2, 0.25) is 5.91 Å². The molecule has 1 aliphatic carbocycles. The Morgan fingerprint density at radius 1 is 1.15 bits per heavy atom. The number of carbonyl (C=O) groups is 1. The molecule has 3 rings (SSSR count). The van der Waals surface area contributed by atoms with Crippen molar-refractivity contribution in [3.05, 3.63) is 29.8 Å². The highest BCUT2D eigenvalue weighted by Crippen LogP contribution is 2.32. The molecule has 7 heteroatoms. The monoisotopic (exact) mass is 403 g/mol. The Morgan fingerprint density at radius 3 is 2.50 bits per heavy atom. The molecule has 2 N–H and O–H groups in total. The third-order valence-corrected chi connectivity index (χ3v) is 5.55. The molecule has 148 valence electrons. The molecule has 1 heterocycles. The molecular weight excluding hydrogens is 373 g/mol. The van der Waals surface area contributed by atoms with Gasteiger partial charge in [-0.2, -0.15) is 0 Å². The van der Waals surface area contributed by atoms with Crippen molar-refractivity contribution in [2.45, 2.75) is 25.8 Å². The van der Waals surface area contributed by atoms with Crippen LogP contribution in [-0.2, 0) is 11.3 Å². The summed E-state index contributed by atoms with van der Waals surface area (Å²) in [7, 11) is 1.71. The summed E-state index contributed by atoms with van der Waals surface area (Å²) in [6.45, 7) is 5.00. The zero-order valence-corrected chi connectivity index (χ0v) is 17.1. The number of piperazine rings is 1. The molecule has 26 heavy (non-hydrogen) atoms. The standard InChI is InChI=1S/C19H29N3O2.2ClH/c1-24-18-8-3-2-5-16(18)14-21-9-11-22(12-10-21)19(23)17-7-4-6-15(17)13-20;;/h2-3,5,8,15,17H,4,6-7,9-14,20H2,1H3;2*1H/t15-,17-;;/m1../s1. The molecule has 2 atom stereocenters. The van der Waals surface area contributed by atoms with Gasteiger partial charge in [-0.25, -0.2) is 0 Å². The fourth-order valence-corrected chi connectivity index (χ4v) is 4.08. The number of nitrogens with zero attached hydrogens (tertiary/aromatic N) is 2. The van der Waals surface area contributed by atoms with Gasteiger partial charge in [-0.1, -0.05) is 24.6 Å². The summed E-state index contributed by atoms with van der Waals surface area (Å²) >= 11 is 0. The van der Waals surface area contributed by atoms with E-state index >= 15 is 0 Å². The number of hydrogen-bond donors (Lipinski definition) is 1. The lowest BCUT2D eigenvalue weighted by Gasteiger charge is -2.37. The molecule has 0 aromatic heterocycles. The minimum Gasteiger partial charge on any atom is -0.496 e. The van der Waals surface area contributed by atoms with E-state index in [1.54, 1.807) is 7.11 Å². The molecule has 1 aliphatic heterocycles. The third kappa shape index (κ3) is 5.26. The maximum atomic E-state index is 12.8. The van der Waals surface area contributed by atoms with Crippen LogP contribution in [0, 0.1) is 11.8 Å². The molecule has 0 bridgehead atoms. The summed E-state index contributed by atoms with van der Waals surface area (Å²) in [6, 6.07) is 8.15. The molecule has 1 aromatic rings. The van der Waals surface area contributed by atoms with Crippen molar-refractivity contribution in [2.75, 3.05) is 39.8 Å². The zero-order valence-electron chi connectivity index (χ0n) is 15.4. The number of carbonyl (C=O) groups excluding carboxylic acids is 1. The highest BCUT2D eigenvalue weighted by molar-refractivity contribution is 5.85. The molecule has 1 amide bonds. The molecule has 0 unspecified atom stereocenters. The van der Waals surface area contributed by atoms with Crippen LogP contribution in [0.5, 0.6) is 5.75 Å². The highest BCUT2D eigenvalue weighted by atomic mass is 35.5. The van der Waals surface area contributed by atoms with Gasteiger partial charge in [0, 0.05) is 44.2 Å². The van der Waals surface area contributed by atoms with Crippen molar-refractivity contribution < 1.29 is 9.53 Å². The number of rotatable bonds is 5. The number of nitrogens with two attached hydrogens (primary N) is 1. The van der Waals surface area contributed by atoms with E-state index in [-0.39, 0.29) is 30.7 Å². The van der Waals surface area contributed by atoms with Gasteiger partial charge >= 0.3 is 0 Å². The van der Waals surface area contributed by atoms with Crippen LogP contribution in [0.2, 0.25) is 0 Å². The smallest absolute Gasteiger partial charge is 0.226 e. The largest absolute Gasteiger partial charge is 0.496 e. The second kappa shape index (κ2) is 11.0. The van der Waals surface area contributed by atoms with Crippen molar-refractivity contribution in [1.82, 2.24) is 9.80 Å². The first-order chi connectivity index (χ1) is 11.7. The number of amides is 1. The molecule has 5 nitrogen and oxygen atoms in total. The van der Waals surface area contributed by atoms with Crippen LogP contribution >= 0.6 is 24.8 Å². The van der Waals surface area contributed by atoms with Crippen LogP contribution < -0.4 is 10.5 Å². The molecule has 1 saturated carbocycles. The Labute approximate surface area is 169 Å². The summed E-state index contributed by atoms with van der Waals surface area (Å²) < 4.78 is 5.43. The number of hydrogen-bond acceptors (Lipinski definition) is 4. The van der Waals surface area contributed by atoms with E-state index in [0.717, 1.165) is 57.7 Å². The average molecular weight is 404 g/mol. The number of methoxy groups -OCH3 is 1. The van der Waals surface area contributed by atoms with E-state index in [2.05, 4.69) is 15.9 Å². The van der Waals surface area contributed by atoms with E-state index in [0.29, 0.717) is 18.4 Å². The summed E-state index contributed by atoms with van der Waals surface area (Å²) in [5, 5.41) is 0. The Morgan fingerprint density at radius 2 is 1.85 bits per heavy atom. The minimum absolute atomic E-state index is 0. The quantitative estimate of drug-likeness (QED) is 0.820. The summed E-state index contributed by atoms with van der Waals surface area (Å²) in [5.41, 5.74) is 7.04. The Balaban J connectivity index is 0.00000169. The van der Waals surface area contributed by atoms with E-state index < -0.39 is 0 Å². The van der Waals surface area contributed by atoms with Gasteiger partial charge in [-0.3, -0.25) is 9.69 Å². The topological polar surface area (TPSA) is 58.8 Å². The van der Waals surface area contributed by atoms with Gasteiger partial charge in [0.05, 0.1) is 7.11 Å². The molecule has 0 spiro atoms. The first-order valence-electron chi connectivity index (χ1n) is 9.06. The van der Waals surface area contributed by atoms with Gasteiger partial charge < -0.3 is 15.4 Å². The third-order valence-electron chi connectivity index (χ3n) is 5.55. The van der Waals surface area contributed by atoms with Gasteiger partial charge in [0.1, 0.15) is 5.75 Å². The second-order valence-corrected chi connectivity index (χ2v) is 6.95. The summed E-state index contributed by atoms with van der Waals surface area (Å²) in [6.07, 6.45) is 3.27. The molecular formula is C19H31Cl2N3O2. The van der Waals surface area contributed by atoms with Crippen LogP contribution in [0.15, 0.2) is 24.3 Å². The van der Waals surface area contributed by atoms with Crippen LogP contribution in [0.3, 0.4) is 0 Å². The Bertz CT molecular complexity index is 565. The number of ether oxygens (including phenoxy) is 1. The number of halogens is 2. The Kier molecular flexibility index (Phi) is 9.72. The molecule has 2 aliphatic rings. The van der Waals surface area contributed by atoms with Crippen molar-refractivity contribution >= 4 is 30.7 Å². The fourth-order valence-electron chi connectivity index (χ4n) is 4.08. The van der Waals surface area contributed by atoms with Crippen molar-refractivity contribution in [2.24, 2.45) is 17.6 Å². The van der Waals surface area contributed by atoms with Crippen LogP contribution in [0.4, 0.5) is 0 Å². The maximum Gasteiger partial charge on any atom is 0.226 e. The average Bonchev–Trinajstić information content (AvgIpc) is 3.11. The number of benzene rings is 1. The second-order valence-electron chi connectivity index (χ2n) is 6.95. The summed E-state index contributed by atoms with van der Waals surface area (Å²) in [4.78, 5) is 17.2. The van der Waals surface area contributed by atoms with Gasteiger partial charge in [0.25, 0.3) is 0 Å². The lowest BCUT2D eigenvalue weighted by Crippen LogP contribution is -2.50. The molecule has 1 aromatic carbocycles. The van der Waals surface area contributed by atoms with E-state index in [1.807, 2.05) is 18.2 Å². The van der Waals surface area contributed by atoms with Crippen molar-refractivity contribution in [1.29, 1.82) is 0 Å². The van der Waals surface area contributed by atoms with Crippen LogP contribution in [-0.4, -0.2) is 55.5 Å². The predicted octanol–water partition coefficient (Wildman–Crippen LogP) is 2.56. The van der Waals surface area contributed by atoms with E-state index in [1.165, 1.54) is 5.56 Å². The normalized spacial score (nSPS) is 23.1.